The molecule has 0 saturated heterocycles. The summed E-state index contributed by atoms with van der Waals surface area (Å²) in [6.45, 7) is 5.59. The van der Waals surface area contributed by atoms with Gasteiger partial charge in [0.25, 0.3) is 0 Å². The molecule has 2 aromatic rings. The summed E-state index contributed by atoms with van der Waals surface area (Å²) >= 11 is 0. The maximum Gasteiger partial charge on any atom is 0.307 e. The van der Waals surface area contributed by atoms with Crippen LogP contribution in [0, 0.1) is 6.92 Å². The van der Waals surface area contributed by atoms with Crippen LogP contribution in [0.2, 0.25) is 0 Å². The number of aromatic nitrogens is 1. The Morgan fingerprint density at radius 2 is 1.96 bits per heavy atom. The maximum absolute atomic E-state index is 12.0. The van der Waals surface area contributed by atoms with Gasteiger partial charge in [-0.05, 0) is 32.9 Å². The largest absolute Gasteiger partial charge is 0.463 e. The lowest BCUT2D eigenvalue weighted by Crippen LogP contribution is -2.28. The van der Waals surface area contributed by atoms with Gasteiger partial charge < -0.3 is 14.5 Å². The summed E-state index contributed by atoms with van der Waals surface area (Å²) in [4.78, 5) is 27.8. The number of carbonyl (C=O) groups is 2. The molecule has 0 aliphatic heterocycles. The van der Waals surface area contributed by atoms with E-state index in [2.05, 4.69) is 10.3 Å². The molecule has 0 radical (unpaired) electrons. The number of amides is 1. The predicted octanol–water partition coefficient (Wildman–Crippen LogP) is 2.65. The number of hydrogen-bond acceptors (Lipinski definition) is 5. The van der Waals surface area contributed by atoms with Crippen LogP contribution in [0.5, 0.6) is 0 Å². The molecule has 1 aromatic carbocycles. The van der Waals surface area contributed by atoms with Gasteiger partial charge in [0.05, 0.1) is 24.6 Å². The highest BCUT2D eigenvalue weighted by molar-refractivity contribution is 5.79. The zero-order valence-corrected chi connectivity index (χ0v) is 14.2. The van der Waals surface area contributed by atoms with E-state index in [0.29, 0.717) is 17.3 Å². The number of oxazole rings is 1. The summed E-state index contributed by atoms with van der Waals surface area (Å²) in [7, 11) is 0. The number of ether oxygens (including phenoxy) is 1. The fourth-order valence-corrected chi connectivity index (χ4v) is 2.14. The Morgan fingerprint density at radius 3 is 2.62 bits per heavy atom. The lowest BCUT2D eigenvalue weighted by atomic mass is 10.2. The highest BCUT2D eigenvalue weighted by atomic mass is 16.5. The summed E-state index contributed by atoms with van der Waals surface area (Å²) in [6, 6.07) is 9.51. The maximum atomic E-state index is 12.0. The van der Waals surface area contributed by atoms with Crippen molar-refractivity contribution in [2.24, 2.45) is 0 Å². The monoisotopic (exact) mass is 330 g/mol. The fraction of sp³-hybridized carbons (Fsp3) is 0.389. The standard InChI is InChI=1S/C18H22N2O4/c1-12(2)23-17(22)9-10-19-16(21)11-15-13(3)24-18(20-15)14-7-5-4-6-8-14/h4-8,12H,9-11H2,1-3H3,(H,19,21). The Labute approximate surface area is 141 Å². The molecule has 0 spiro atoms. The van der Waals surface area contributed by atoms with Gasteiger partial charge in [0.15, 0.2) is 0 Å². The molecule has 1 N–H and O–H groups in total. The van der Waals surface area contributed by atoms with Crippen molar-refractivity contribution in [2.45, 2.75) is 39.7 Å². The number of carbonyl (C=O) groups excluding carboxylic acids is 2. The molecule has 0 bridgehead atoms. The number of hydrogen-bond donors (Lipinski definition) is 1. The molecule has 1 heterocycles. The molecule has 1 aromatic heterocycles. The van der Waals surface area contributed by atoms with E-state index >= 15 is 0 Å². The van der Waals surface area contributed by atoms with Gasteiger partial charge in [-0.25, -0.2) is 4.98 Å². The van der Waals surface area contributed by atoms with Crippen LogP contribution >= 0.6 is 0 Å². The highest BCUT2D eigenvalue weighted by Gasteiger charge is 2.15. The van der Waals surface area contributed by atoms with Crippen molar-refractivity contribution in [2.75, 3.05) is 6.54 Å². The molecule has 0 unspecified atom stereocenters. The van der Waals surface area contributed by atoms with Crippen LogP contribution < -0.4 is 5.32 Å². The first-order chi connectivity index (χ1) is 11.5. The van der Waals surface area contributed by atoms with E-state index in [1.54, 1.807) is 20.8 Å². The van der Waals surface area contributed by atoms with E-state index in [-0.39, 0.29) is 37.4 Å². The van der Waals surface area contributed by atoms with E-state index < -0.39 is 0 Å². The van der Waals surface area contributed by atoms with Gasteiger partial charge >= 0.3 is 5.97 Å². The highest BCUT2D eigenvalue weighted by Crippen LogP contribution is 2.21. The molecule has 0 saturated carbocycles. The molecule has 0 fully saturated rings. The normalized spacial score (nSPS) is 10.7. The molecule has 0 atom stereocenters. The first-order valence-corrected chi connectivity index (χ1v) is 7.93. The number of aryl methyl sites for hydroxylation is 1. The molecule has 6 heteroatoms. The average molecular weight is 330 g/mol. The van der Waals surface area contributed by atoms with Gasteiger partial charge in [0, 0.05) is 12.1 Å². The number of nitrogens with zero attached hydrogens (tertiary/aromatic N) is 1. The van der Waals surface area contributed by atoms with Crippen LogP contribution in [0.3, 0.4) is 0 Å². The molecular formula is C18H22N2O4. The zero-order valence-electron chi connectivity index (χ0n) is 14.2. The summed E-state index contributed by atoms with van der Waals surface area (Å²) < 4.78 is 10.6. The van der Waals surface area contributed by atoms with Crippen molar-refractivity contribution in [1.82, 2.24) is 10.3 Å². The summed E-state index contributed by atoms with van der Waals surface area (Å²) in [6.07, 6.45) is 0.112. The molecule has 1 amide bonds. The Kier molecular flexibility index (Phi) is 6.12. The van der Waals surface area contributed by atoms with Crippen LogP contribution in [0.1, 0.15) is 31.7 Å². The molecule has 24 heavy (non-hydrogen) atoms. The summed E-state index contributed by atoms with van der Waals surface area (Å²) in [5.41, 5.74) is 1.46. The van der Waals surface area contributed by atoms with Crippen LogP contribution in [-0.4, -0.2) is 29.5 Å². The second-order valence-electron chi connectivity index (χ2n) is 5.70. The van der Waals surface area contributed by atoms with E-state index in [0.717, 1.165) is 5.56 Å². The SMILES string of the molecule is Cc1oc(-c2ccccc2)nc1CC(=O)NCCC(=O)OC(C)C. The molecular weight excluding hydrogens is 308 g/mol. The second kappa shape index (κ2) is 8.29. The minimum atomic E-state index is -0.325. The first-order valence-electron chi connectivity index (χ1n) is 7.93. The molecule has 6 nitrogen and oxygen atoms in total. The first kappa shape index (κ1) is 17.7. The quantitative estimate of drug-likeness (QED) is 0.789. The minimum Gasteiger partial charge on any atom is -0.463 e. The smallest absolute Gasteiger partial charge is 0.307 e. The van der Waals surface area contributed by atoms with Crippen LogP contribution in [0.15, 0.2) is 34.7 Å². The van der Waals surface area contributed by atoms with E-state index in [1.165, 1.54) is 0 Å². The van der Waals surface area contributed by atoms with Crippen LogP contribution in [0.25, 0.3) is 11.5 Å². The van der Waals surface area contributed by atoms with Gasteiger partial charge in [0.1, 0.15) is 5.76 Å². The van der Waals surface area contributed by atoms with Gasteiger partial charge in [0.2, 0.25) is 11.8 Å². The van der Waals surface area contributed by atoms with Gasteiger partial charge in [-0.1, -0.05) is 18.2 Å². The molecule has 0 aliphatic rings. The molecule has 0 aliphatic carbocycles. The van der Waals surface area contributed by atoms with Gasteiger partial charge in [-0.15, -0.1) is 0 Å². The number of nitrogens with one attached hydrogen (secondary N) is 1. The van der Waals surface area contributed by atoms with Gasteiger partial charge in [-0.3, -0.25) is 9.59 Å². The topological polar surface area (TPSA) is 81.4 Å². The van der Waals surface area contributed by atoms with Crippen molar-refractivity contribution < 1.29 is 18.7 Å². The zero-order chi connectivity index (χ0) is 17.5. The molecule has 2 rings (SSSR count). The van der Waals surface area contributed by atoms with Crippen molar-refractivity contribution >= 4 is 11.9 Å². The number of esters is 1. The minimum absolute atomic E-state index is 0.112. The van der Waals surface area contributed by atoms with Crippen molar-refractivity contribution in [3.8, 4) is 11.5 Å². The van der Waals surface area contributed by atoms with Gasteiger partial charge in [-0.2, -0.15) is 0 Å². The lowest BCUT2D eigenvalue weighted by Gasteiger charge is -2.08. The van der Waals surface area contributed by atoms with Crippen molar-refractivity contribution in [1.29, 1.82) is 0 Å². The lowest BCUT2D eigenvalue weighted by molar-refractivity contribution is -0.147. The Hall–Kier alpha value is -2.63. The Morgan fingerprint density at radius 1 is 1.25 bits per heavy atom. The average Bonchev–Trinajstić information content (AvgIpc) is 2.88. The number of rotatable bonds is 7. The fourth-order valence-electron chi connectivity index (χ4n) is 2.14. The summed E-state index contributed by atoms with van der Waals surface area (Å²) in [5, 5.41) is 2.69. The third kappa shape index (κ3) is 5.22. The van der Waals surface area contributed by atoms with Crippen LogP contribution in [-0.2, 0) is 20.7 Å². The second-order valence-corrected chi connectivity index (χ2v) is 5.70. The number of benzene rings is 1. The Balaban J connectivity index is 1.86. The predicted molar refractivity (Wildman–Crippen MR) is 89.2 cm³/mol. The molecule has 128 valence electrons. The summed E-state index contributed by atoms with van der Waals surface area (Å²) in [5.74, 6) is 0.581. The third-order valence-corrected chi connectivity index (χ3v) is 3.26. The third-order valence-electron chi connectivity index (χ3n) is 3.26. The van der Waals surface area contributed by atoms with Crippen molar-refractivity contribution in [3.63, 3.8) is 0 Å². The Bertz CT molecular complexity index is 692. The van der Waals surface area contributed by atoms with Crippen molar-refractivity contribution in [3.05, 3.63) is 41.8 Å². The van der Waals surface area contributed by atoms with Crippen LogP contribution in [0.4, 0.5) is 0 Å². The van der Waals surface area contributed by atoms with E-state index in [1.807, 2.05) is 30.3 Å². The van der Waals surface area contributed by atoms with E-state index in [4.69, 9.17) is 9.15 Å². The van der Waals surface area contributed by atoms with E-state index in [9.17, 15) is 9.59 Å².